The summed E-state index contributed by atoms with van der Waals surface area (Å²) in [7, 11) is -3.15. The van der Waals surface area contributed by atoms with Gasteiger partial charge in [0.1, 0.15) is 0 Å². The minimum absolute atomic E-state index is 0.0806. The smallest absolute Gasteiger partial charge is 0.211 e. The Balaban J connectivity index is 2.37. The third-order valence-electron chi connectivity index (χ3n) is 2.51. The molecule has 0 amide bonds. The lowest BCUT2D eigenvalue weighted by Crippen LogP contribution is -2.34. The van der Waals surface area contributed by atoms with E-state index in [1.165, 1.54) is 0 Å². The van der Waals surface area contributed by atoms with Crippen LogP contribution in [-0.2, 0) is 10.0 Å². The number of nitrogens with one attached hydrogen (secondary N) is 1. The van der Waals surface area contributed by atoms with Gasteiger partial charge in [-0.2, -0.15) is 0 Å². The van der Waals surface area contributed by atoms with Crippen molar-refractivity contribution in [3.63, 3.8) is 0 Å². The van der Waals surface area contributed by atoms with Crippen molar-refractivity contribution in [1.29, 1.82) is 0 Å². The van der Waals surface area contributed by atoms with E-state index in [0.29, 0.717) is 6.54 Å². The lowest BCUT2D eigenvalue weighted by Gasteiger charge is -2.13. The maximum atomic E-state index is 11.4. The van der Waals surface area contributed by atoms with Gasteiger partial charge in [-0.15, -0.1) is 0 Å². The van der Waals surface area contributed by atoms with Crippen molar-refractivity contribution < 1.29 is 13.5 Å². The van der Waals surface area contributed by atoms with Crippen LogP contribution in [0.25, 0.3) is 0 Å². The zero-order chi connectivity index (χ0) is 10.8. The molecule has 0 spiro atoms. The van der Waals surface area contributed by atoms with E-state index in [1.54, 1.807) is 0 Å². The molecule has 1 aliphatic carbocycles. The van der Waals surface area contributed by atoms with Crippen LogP contribution in [0.5, 0.6) is 0 Å². The average molecular weight is 221 g/mol. The third kappa shape index (κ3) is 3.55. The topological polar surface area (TPSA) is 66.4 Å². The maximum Gasteiger partial charge on any atom is 0.211 e. The number of aliphatic hydroxyl groups excluding tert-OH is 1. The van der Waals surface area contributed by atoms with E-state index in [-0.39, 0.29) is 23.7 Å². The van der Waals surface area contributed by atoms with E-state index >= 15 is 0 Å². The molecular weight excluding hydrogens is 202 g/mol. The monoisotopic (exact) mass is 221 g/mol. The SMILES string of the molecule is CC(C)CS(=O)(=O)NCC1(CO)CC1. The van der Waals surface area contributed by atoms with Crippen LogP contribution in [0.2, 0.25) is 0 Å². The van der Waals surface area contributed by atoms with Crippen molar-refractivity contribution in [2.75, 3.05) is 18.9 Å². The highest BCUT2D eigenvalue weighted by atomic mass is 32.2. The highest BCUT2D eigenvalue weighted by molar-refractivity contribution is 7.89. The number of rotatable bonds is 6. The van der Waals surface area contributed by atoms with Gasteiger partial charge in [-0.25, -0.2) is 13.1 Å². The predicted octanol–water partition coefficient (Wildman–Crippen LogP) is 0.334. The number of hydrogen-bond donors (Lipinski definition) is 2. The average Bonchev–Trinajstić information content (AvgIpc) is 2.79. The summed E-state index contributed by atoms with van der Waals surface area (Å²) in [5.41, 5.74) is -0.149. The summed E-state index contributed by atoms with van der Waals surface area (Å²) >= 11 is 0. The molecule has 5 heteroatoms. The summed E-state index contributed by atoms with van der Waals surface area (Å²) < 4.78 is 25.4. The molecule has 0 aromatic carbocycles. The fourth-order valence-electron chi connectivity index (χ4n) is 1.33. The Morgan fingerprint density at radius 3 is 2.36 bits per heavy atom. The molecule has 4 nitrogen and oxygen atoms in total. The van der Waals surface area contributed by atoms with E-state index < -0.39 is 10.0 Å². The van der Waals surface area contributed by atoms with Gasteiger partial charge in [-0.05, 0) is 18.8 Å². The molecule has 0 atom stereocenters. The largest absolute Gasteiger partial charge is 0.396 e. The first-order valence-electron chi connectivity index (χ1n) is 4.97. The highest BCUT2D eigenvalue weighted by Gasteiger charge is 2.42. The van der Waals surface area contributed by atoms with Gasteiger partial charge in [0.25, 0.3) is 0 Å². The summed E-state index contributed by atoms with van der Waals surface area (Å²) in [5.74, 6) is 0.297. The Morgan fingerprint density at radius 1 is 1.43 bits per heavy atom. The maximum absolute atomic E-state index is 11.4. The van der Waals surface area contributed by atoms with Crippen LogP contribution in [0.1, 0.15) is 26.7 Å². The van der Waals surface area contributed by atoms with Crippen molar-refractivity contribution in [3.05, 3.63) is 0 Å². The molecule has 2 N–H and O–H groups in total. The molecule has 0 aliphatic heterocycles. The van der Waals surface area contributed by atoms with Crippen LogP contribution in [0.4, 0.5) is 0 Å². The van der Waals surface area contributed by atoms with Crippen LogP contribution >= 0.6 is 0 Å². The van der Waals surface area contributed by atoms with Crippen LogP contribution in [0.3, 0.4) is 0 Å². The molecule has 0 bridgehead atoms. The fourth-order valence-corrected chi connectivity index (χ4v) is 2.85. The number of hydrogen-bond acceptors (Lipinski definition) is 3. The molecule has 0 aromatic heterocycles. The summed E-state index contributed by atoms with van der Waals surface area (Å²) in [6.07, 6.45) is 1.85. The van der Waals surface area contributed by atoms with Gasteiger partial charge >= 0.3 is 0 Å². The molecule has 0 unspecified atom stereocenters. The van der Waals surface area contributed by atoms with E-state index in [2.05, 4.69) is 4.72 Å². The molecular formula is C9H19NO3S. The van der Waals surface area contributed by atoms with E-state index in [9.17, 15) is 8.42 Å². The van der Waals surface area contributed by atoms with Gasteiger partial charge in [0.05, 0.1) is 5.75 Å². The Bertz CT molecular complexity index is 280. The molecule has 84 valence electrons. The Labute approximate surface area is 85.8 Å². The molecule has 0 heterocycles. The molecule has 14 heavy (non-hydrogen) atoms. The van der Waals surface area contributed by atoms with Gasteiger partial charge in [0, 0.05) is 18.6 Å². The quantitative estimate of drug-likeness (QED) is 0.679. The first-order valence-corrected chi connectivity index (χ1v) is 6.63. The van der Waals surface area contributed by atoms with Crippen LogP contribution in [0, 0.1) is 11.3 Å². The zero-order valence-corrected chi connectivity index (χ0v) is 9.60. The first kappa shape index (κ1) is 11.9. The van der Waals surface area contributed by atoms with Gasteiger partial charge in [-0.3, -0.25) is 0 Å². The molecule has 0 saturated heterocycles. The lowest BCUT2D eigenvalue weighted by molar-refractivity contribution is 0.213. The fraction of sp³-hybridized carbons (Fsp3) is 1.00. The predicted molar refractivity (Wildman–Crippen MR) is 55.4 cm³/mol. The van der Waals surface area contributed by atoms with E-state index in [4.69, 9.17) is 5.11 Å². The summed E-state index contributed by atoms with van der Waals surface area (Å²) in [5, 5.41) is 9.00. The van der Waals surface area contributed by atoms with Crippen LogP contribution in [0.15, 0.2) is 0 Å². The van der Waals surface area contributed by atoms with Gasteiger partial charge in [0.2, 0.25) is 10.0 Å². The van der Waals surface area contributed by atoms with Crippen molar-refractivity contribution in [1.82, 2.24) is 4.72 Å². The second kappa shape index (κ2) is 4.16. The van der Waals surface area contributed by atoms with Crippen LogP contribution in [-0.4, -0.2) is 32.4 Å². The number of aliphatic hydroxyl groups is 1. The molecule has 1 rings (SSSR count). The van der Waals surface area contributed by atoms with Crippen LogP contribution < -0.4 is 4.72 Å². The second-order valence-electron chi connectivity index (χ2n) is 4.65. The molecule has 1 saturated carbocycles. The molecule has 1 aliphatic rings. The van der Waals surface area contributed by atoms with Crippen molar-refractivity contribution in [2.24, 2.45) is 11.3 Å². The Kier molecular flexibility index (Phi) is 3.55. The summed E-state index contributed by atoms with van der Waals surface area (Å²) in [6, 6.07) is 0. The van der Waals surface area contributed by atoms with Crippen molar-refractivity contribution in [3.8, 4) is 0 Å². The normalized spacial score (nSPS) is 20.0. The van der Waals surface area contributed by atoms with E-state index in [1.807, 2.05) is 13.8 Å². The first-order chi connectivity index (χ1) is 6.39. The summed E-state index contributed by atoms with van der Waals surface area (Å²) in [4.78, 5) is 0. The second-order valence-corrected chi connectivity index (χ2v) is 6.51. The lowest BCUT2D eigenvalue weighted by atomic mass is 10.1. The van der Waals surface area contributed by atoms with E-state index in [0.717, 1.165) is 12.8 Å². The van der Waals surface area contributed by atoms with Crippen molar-refractivity contribution >= 4 is 10.0 Å². The molecule has 1 fully saturated rings. The van der Waals surface area contributed by atoms with Gasteiger partial charge < -0.3 is 5.11 Å². The highest BCUT2D eigenvalue weighted by Crippen LogP contribution is 2.44. The minimum atomic E-state index is -3.15. The van der Waals surface area contributed by atoms with Gasteiger partial charge in [0.15, 0.2) is 0 Å². The third-order valence-corrected chi connectivity index (χ3v) is 4.20. The Morgan fingerprint density at radius 2 is 2.00 bits per heavy atom. The summed E-state index contributed by atoms with van der Waals surface area (Å²) in [6.45, 7) is 4.21. The molecule has 0 aromatic rings. The van der Waals surface area contributed by atoms with Crippen molar-refractivity contribution in [2.45, 2.75) is 26.7 Å². The zero-order valence-electron chi connectivity index (χ0n) is 8.78. The molecule has 0 radical (unpaired) electrons. The Hall–Kier alpha value is -0.130. The minimum Gasteiger partial charge on any atom is -0.396 e. The number of sulfonamides is 1. The standard InChI is InChI=1S/C9H19NO3S/c1-8(2)5-14(12,13)10-6-9(7-11)3-4-9/h8,10-11H,3-7H2,1-2H3. The van der Waals surface area contributed by atoms with Gasteiger partial charge in [-0.1, -0.05) is 13.8 Å².